The molecule has 1 saturated heterocycles. The quantitative estimate of drug-likeness (QED) is 0.855. The summed E-state index contributed by atoms with van der Waals surface area (Å²) in [6.45, 7) is 1.30. The minimum absolute atomic E-state index is 0.0597. The lowest BCUT2D eigenvalue weighted by Crippen LogP contribution is -2.27. The predicted octanol–water partition coefficient (Wildman–Crippen LogP) is 3.00. The second-order valence-corrected chi connectivity index (χ2v) is 5.97. The maximum atomic E-state index is 12.5. The number of hydrogen-bond acceptors (Lipinski definition) is 3. The summed E-state index contributed by atoms with van der Waals surface area (Å²) in [7, 11) is 0. The van der Waals surface area contributed by atoms with Crippen LogP contribution < -0.4 is 5.56 Å². The third kappa shape index (κ3) is 2.52. The molecule has 0 amide bonds. The van der Waals surface area contributed by atoms with E-state index < -0.39 is 0 Å². The maximum Gasteiger partial charge on any atom is 0.262 e. The number of H-pyrrole nitrogens is 1. The third-order valence-electron chi connectivity index (χ3n) is 3.35. The van der Waals surface area contributed by atoms with Crippen molar-refractivity contribution in [3.8, 4) is 0 Å². The van der Waals surface area contributed by atoms with E-state index in [2.05, 4.69) is 20.9 Å². The van der Waals surface area contributed by atoms with Crippen LogP contribution in [0.3, 0.4) is 0 Å². The summed E-state index contributed by atoms with van der Waals surface area (Å²) in [4.78, 5) is 15.6. The van der Waals surface area contributed by atoms with Crippen molar-refractivity contribution in [3.05, 3.63) is 37.8 Å². The number of fused-ring (bicyclic) bond motifs is 1. The van der Waals surface area contributed by atoms with E-state index in [1.165, 1.54) is 0 Å². The van der Waals surface area contributed by atoms with Gasteiger partial charge in [-0.2, -0.15) is 0 Å². The van der Waals surface area contributed by atoms with Crippen LogP contribution in [0.5, 0.6) is 0 Å². The van der Waals surface area contributed by atoms with E-state index in [0.29, 0.717) is 16.7 Å². The van der Waals surface area contributed by atoms with Crippen molar-refractivity contribution in [1.29, 1.82) is 0 Å². The van der Waals surface area contributed by atoms with Gasteiger partial charge in [0.15, 0.2) is 4.77 Å². The van der Waals surface area contributed by atoms with Crippen LogP contribution in [0.1, 0.15) is 12.8 Å². The Morgan fingerprint density at radius 3 is 3.11 bits per heavy atom. The highest BCUT2D eigenvalue weighted by atomic mass is 79.9. The van der Waals surface area contributed by atoms with E-state index >= 15 is 0 Å². The molecule has 2 heterocycles. The first-order valence-electron chi connectivity index (χ1n) is 6.19. The number of aromatic amines is 1. The Hall–Kier alpha value is -0.980. The van der Waals surface area contributed by atoms with Crippen molar-refractivity contribution in [1.82, 2.24) is 9.55 Å². The highest BCUT2D eigenvalue weighted by Crippen LogP contribution is 2.17. The molecule has 0 radical (unpaired) electrons. The Kier molecular flexibility index (Phi) is 3.56. The van der Waals surface area contributed by atoms with Crippen LogP contribution in [0.15, 0.2) is 27.5 Å². The molecule has 1 aromatic heterocycles. The van der Waals surface area contributed by atoms with Crippen molar-refractivity contribution in [2.24, 2.45) is 0 Å². The smallest absolute Gasteiger partial charge is 0.262 e. The molecule has 4 nitrogen and oxygen atoms in total. The molecule has 1 aromatic carbocycles. The number of aromatic nitrogens is 2. The normalized spacial score (nSPS) is 19.1. The number of ether oxygens (including phenoxy) is 1. The number of hydrogen-bond donors (Lipinski definition) is 1. The fraction of sp³-hybridized carbons (Fsp3) is 0.385. The summed E-state index contributed by atoms with van der Waals surface area (Å²) in [6, 6.07) is 5.55. The van der Waals surface area contributed by atoms with E-state index in [1.54, 1.807) is 4.57 Å². The molecule has 1 atom stereocenters. The first-order chi connectivity index (χ1) is 9.15. The Morgan fingerprint density at radius 2 is 2.37 bits per heavy atom. The molecule has 0 unspecified atom stereocenters. The van der Waals surface area contributed by atoms with Crippen molar-refractivity contribution >= 4 is 39.1 Å². The number of nitrogens with zero attached hydrogens (tertiary/aromatic N) is 1. The monoisotopic (exact) mass is 340 g/mol. The average molecular weight is 341 g/mol. The summed E-state index contributed by atoms with van der Waals surface area (Å²) >= 11 is 8.66. The highest BCUT2D eigenvalue weighted by Gasteiger charge is 2.18. The lowest BCUT2D eigenvalue weighted by atomic mass is 10.2. The zero-order chi connectivity index (χ0) is 13.4. The molecular weight excluding hydrogens is 328 g/mol. The number of nitrogens with one attached hydrogen (secondary N) is 1. The molecule has 0 aliphatic carbocycles. The van der Waals surface area contributed by atoms with Gasteiger partial charge in [0.05, 0.1) is 23.6 Å². The molecule has 1 fully saturated rings. The van der Waals surface area contributed by atoms with Crippen LogP contribution >= 0.6 is 28.1 Å². The van der Waals surface area contributed by atoms with Gasteiger partial charge in [0.2, 0.25) is 0 Å². The zero-order valence-corrected chi connectivity index (χ0v) is 12.6. The van der Waals surface area contributed by atoms with Gasteiger partial charge in [-0.05, 0) is 43.3 Å². The molecule has 19 heavy (non-hydrogen) atoms. The average Bonchev–Trinajstić information content (AvgIpc) is 2.89. The van der Waals surface area contributed by atoms with Crippen LogP contribution in [0, 0.1) is 4.77 Å². The molecular formula is C13H13BrN2O2S. The lowest BCUT2D eigenvalue weighted by molar-refractivity contribution is 0.0957. The Balaban J connectivity index is 2.13. The fourth-order valence-electron chi connectivity index (χ4n) is 2.38. The Bertz CT molecular complexity index is 731. The molecule has 100 valence electrons. The van der Waals surface area contributed by atoms with Crippen molar-refractivity contribution in [2.45, 2.75) is 25.5 Å². The largest absolute Gasteiger partial charge is 0.376 e. The van der Waals surface area contributed by atoms with Gasteiger partial charge in [0.25, 0.3) is 5.56 Å². The van der Waals surface area contributed by atoms with Gasteiger partial charge in [-0.3, -0.25) is 9.36 Å². The van der Waals surface area contributed by atoms with E-state index in [0.717, 1.165) is 29.4 Å². The molecule has 6 heteroatoms. The van der Waals surface area contributed by atoms with Gasteiger partial charge >= 0.3 is 0 Å². The standard InChI is InChI=1S/C13H13BrN2O2S/c14-8-3-4-11-10(6-8)12(17)16(13(19)15-11)7-9-2-1-5-18-9/h3-4,6,9H,1-2,5,7H2,(H,15,19)/t9-/m0/s1. The number of halogens is 1. The van der Waals surface area contributed by atoms with Crippen LogP contribution in [0.2, 0.25) is 0 Å². The Morgan fingerprint density at radius 1 is 1.53 bits per heavy atom. The fourth-order valence-corrected chi connectivity index (χ4v) is 3.01. The summed E-state index contributed by atoms with van der Waals surface area (Å²) in [6.07, 6.45) is 2.13. The molecule has 0 bridgehead atoms. The van der Waals surface area contributed by atoms with Gasteiger partial charge in [-0.25, -0.2) is 0 Å². The maximum absolute atomic E-state index is 12.5. The summed E-state index contributed by atoms with van der Waals surface area (Å²) in [5, 5.41) is 0.640. The molecule has 0 spiro atoms. The lowest BCUT2D eigenvalue weighted by Gasteiger charge is -2.12. The van der Waals surface area contributed by atoms with Gasteiger partial charge in [-0.15, -0.1) is 0 Å². The van der Waals surface area contributed by atoms with Crippen LogP contribution in [0.25, 0.3) is 10.9 Å². The van der Waals surface area contributed by atoms with Gasteiger partial charge in [-0.1, -0.05) is 15.9 Å². The van der Waals surface area contributed by atoms with E-state index in [9.17, 15) is 4.79 Å². The second-order valence-electron chi connectivity index (χ2n) is 4.67. The van der Waals surface area contributed by atoms with Gasteiger partial charge < -0.3 is 9.72 Å². The minimum atomic E-state index is -0.0597. The van der Waals surface area contributed by atoms with Gasteiger partial charge in [0.1, 0.15) is 0 Å². The molecule has 1 aliphatic heterocycles. The highest BCUT2D eigenvalue weighted by molar-refractivity contribution is 9.10. The number of rotatable bonds is 2. The summed E-state index contributed by atoms with van der Waals surface area (Å²) in [5.41, 5.74) is 0.706. The third-order valence-corrected chi connectivity index (χ3v) is 4.17. The number of benzene rings is 1. The molecule has 0 saturated carbocycles. The second kappa shape index (κ2) is 5.19. The van der Waals surface area contributed by atoms with Crippen molar-refractivity contribution < 1.29 is 4.74 Å². The minimum Gasteiger partial charge on any atom is -0.376 e. The topological polar surface area (TPSA) is 47.0 Å². The SMILES string of the molecule is O=c1c2cc(Br)ccc2[nH]c(=S)n1C[C@@H]1CCCO1. The van der Waals surface area contributed by atoms with E-state index in [1.807, 2.05) is 18.2 Å². The van der Waals surface area contributed by atoms with Crippen LogP contribution in [0.4, 0.5) is 0 Å². The van der Waals surface area contributed by atoms with Crippen LogP contribution in [-0.2, 0) is 11.3 Å². The first-order valence-corrected chi connectivity index (χ1v) is 7.39. The van der Waals surface area contributed by atoms with Crippen molar-refractivity contribution in [3.63, 3.8) is 0 Å². The van der Waals surface area contributed by atoms with Gasteiger partial charge in [0, 0.05) is 11.1 Å². The van der Waals surface area contributed by atoms with Crippen molar-refractivity contribution in [2.75, 3.05) is 6.61 Å². The molecule has 1 N–H and O–H groups in total. The molecule has 1 aliphatic rings. The summed E-state index contributed by atoms with van der Waals surface area (Å²) in [5.74, 6) is 0. The summed E-state index contributed by atoms with van der Waals surface area (Å²) < 4.78 is 8.51. The molecule has 2 aromatic rings. The van der Waals surface area contributed by atoms with Crippen LogP contribution in [-0.4, -0.2) is 22.3 Å². The Labute approximate surface area is 123 Å². The van der Waals surface area contributed by atoms with E-state index in [-0.39, 0.29) is 11.7 Å². The first kappa shape index (κ1) is 13.0. The predicted molar refractivity (Wildman–Crippen MR) is 80.1 cm³/mol. The zero-order valence-electron chi connectivity index (χ0n) is 10.2. The molecule has 3 rings (SSSR count). The van der Waals surface area contributed by atoms with E-state index in [4.69, 9.17) is 17.0 Å².